The summed E-state index contributed by atoms with van der Waals surface area (Å²) in [5.41, 5.74) is 1.93. The van der Waals surface area contributed by atoms with Crippen LogP contribution < -0.4 is 9.54 Å². The second-order valence-electron chi connectivity index (χ2n) is 6.16. The molecular formula is C21H21FN2O4S. The number of benzene rings is 2. The Labute approximate surface area is 171 Å². The summed E-state index contributed by atoms with van der Waals surface area (Å²) in [6, 6.07) is 11.7. The first kappa shape index (κ1) is 20.7. The molecule has 0 saturated heterocycles. The molecule has 0 N–H and O–H groups in total. The Morgan fingerprint density at radius 3 is 2.69 bits per heavy atom. The molecule has 0 aliphatic carbocycles. The molecular weight excluding hydrogens is 395 g/mol. The highest BCUT2D eigenvalue weighted by Gasteiger charge is 2.13. The lowest BCUT2D eigenvalue weighted by Gasteiger charge is -2.06. The first-order valence-corrected chi connectivity index (χ1v) is 10.1. The van der Waals surface area contributed by atoms with E-state index in [4.69, 9.17) is 9.47 Å². The van der Waals surface area contributed by atoms with Gasteiger partial charge in [0.2, 0.25) is 0 Å². The van der Waals surface area contributed by atoms with Gasteiger partial charge in [0.25, 0.3) is 5.91 Å². The highest BCUT2D eigenvalue weighted by molar-refractivity contribution is 7.16. The van der Waals surface area contributed by atoms with Crippen molar-refractivity contribution in [2.75, 3.05) is 13.2 Å². The van der Waals surface area contributed by atoms with Crippen molar-refractivity contribution in [2.45, 2.75) is 26.8 Å². The molecule has 3 rings (SSSR count). The minimum Gasteiger partial charge on any atom is -0.481 e. The first-order chi connectivity index (χ1) is 14.0. The quantitative estimate of drug-likeness (QED) is 0.553. The van der Waals surface area contributed by atoms with Crippen LogP contribution in [-0.2, 0) is 27.3 Å². The van der Waals surface area contributed by atoms with E-state index in [9.17, 15) is 14.0 Å². The average molecular weight is 416 g/mol. The fourth-order valence-electron chi connectivity index (χ4n) is 2.75. The maximum absolute atomic E-state index is 13.6. The van der Waals surface area contributed by atoms with Crippen molar-refractivity contribution in [3.63, 3.8) is 0 Å². The lowest BCUT2D eigenvalue weighted by molar-refractivity contribution is -0.143. The number of thiazole rings is 1. The zero-order valence-corrected chi connectivity index (χ0v) is 17.0. The fourth-order valence-corrected chi connectivity index (χ4v) is 3.86. The molecule has 8 heteroatoms. The van der Waals surface area contributed by atoms with Crippen LogP contribution in [0.25, 0.3) is 10.2 Å². The lowest BCUT2D eigenvalue weighted by atomic mass is 10.2. The number of esters is 1. The number of fused-ring (bicyclic) bond motifs is 1. The molecule has 0 spiro atoms. The van der Waals surface area contributed by atoms with Gasteiger partial charge in [0.1, 0.15) is 6.54 Å². The van der Waals surface area contributed by atoms with Crippen LogP contribution in [0.5, 0.6) is 5.75 Å². The van der Waals surface area contributed by atoms with Crippen LogP contribution >= 0.6 is 11.3 Å². The molecule has 0 radical (unpaired) electrons. The van der Waals surface area contributed by atoms with Crippen LogP contribution in [0, 0.1) is 5.82 Å². The minimum atomic E-state index is -0.576. The van der Waals surface area contributed by atoms with Crippen molar-refractivity contribution in [3.05, 3.63) is 58.6 Å². The molecule has 3 aromatic rings. The topological polar surface area (TPSA) is 69.9 Å². The second-order valence-corrected chi connectivity index (χ2v) is 7.17. The number of aryl methyl sites for hydroxylation is 1. The fraction of sp³-hybridized carbons (Fsp3) is 0.286. The van der Waals surface area contributed by atoms with E-state index < -0.39 is 24.3 Å². The number of amides is 1. The van der Waals surface area contributed by atoms with Crippen LogP contribution in [-0.4, -0.2) is 29.7 Å². The lowest BCUT2D eigenvalue weighted by Crippen LogP contribution is -2.24. The van der Waals surface area contributed by atoms with Crippen molar-refractivity contribution in [1.82, 2.24) is 4.57 Å². The van der Waals surface area contributed by atoms with Gasteiger partial charge in [0.15, 0.2) is 23.0 Å². The number of carbonyl (C=O) groups excluding carboxylic acids is 2. The summed E-state index contributed by atoms with van der Waals surface area (Å²) >= 11 is 1.30. The Hall–Kier alpha value is -3.00. The van der Waals surface area contributed by atoms with Crippen molar-refractivity contribution in [2.24, 2.45) is 4.99 Å². The molecule has 0 aliphatic rings. The van der Waals surface area contributed by atoms with E-state index in [-0.39, 0.29) is 18.9 Å². The van der Waals surface area contributed by atoms with Gasteiger partial charge in [-0.15, -0.1) is 0 Å². The van der Waals surface area contributed by atoms with Crippen molar-refractivity contribution >= 4 is 33.4 Å². The third-order valence-electron chi connectivity index (χ3n) is 4.16. The molecule has 0 unspecified atom stereocenters. The highest BCUT2D eigenvalue weighted by Crippen LogP contribution is 2.20. The van der Waals surface area contributed by atoms with Gasteiger partial charge >= 0.3 is 5.97 Å². The second kappa shape index (κ2) is 9.47. The van der Waals surface area contributed by atoms with E-state index in [2.05, 4.69) is 11.9 Å². The van der Waals surface area contributed by atoms with Gasteiger partial charge < -0.3 is 14.0 Å². The van der Waals surface area contributed by atoms with E-state index in [0.717, 1.165) is 22.2 Å². The van der Waals surface area contributed by atoms with Crippen molar-refractivity contribution < 1.29 is 23.5 Å². The molecule has 0 bridgehead atoms. The smallest absolute Gasteiger partial charge is 0.326 e. The summed E-state index contributed by atoms with van der Waals surface area (Å²) in [5.74, 6) is -1.55. The van der Waals surface area contributed by atoms with Gasteiger partial charge in [-0.2, -0.15) is 4.99 Å². The van der Waals surface area contributed by atoms with Gasteiger partial charge in [0.05, 0.1) is 16.8 Å². The molecule has 0 saturated carbocycles. The minimum absolute atomic E-state index is 0.0145. The molecule has 152 valence electrons. The molecule has 1 amide bonds. The summed E-state index contributed by atoms with van der Waals surface area (Å²) in [7, 11) is 0. The molecule has 1 heterocycles. The monoisotopic (exact) mass is 416 g/mol. The number of para-hydroxylation sites is 1. The molecule has 0 atom stereocenters. The number of nitrogens with zero attached hydrogens (tertiary/aromatic N) is 2. The Bertz CT molecular complexity index is 1100. The number of halogens is 1. The van der Waals surface area contributed by atoms with Gasteiger partial charge in [-0.25, -0.2) is 4.39 Å². The number of hydrogen-bond donors (Lipinski definition) is 0. The third kappa shape index (κ3) is 5.08. The number of aromatic nitrogens is 1. The summed E-state index contributed by atoms with van der Waals surface area (Å²) < 4.78 is 26.5. The van der Waals surface area contributed by atoms with E-state index in [0.29, 0.717) is 4.80 Å². The molecule has 0 fully saturated rings. The maximum Gasteiger partial charge on any atom is 0.326 e. The largest absolute Gasteiger partial charge is 0.481 e. The maximum atomic E-state index is 13.6. The summed E-state index contributed by atoms with van der Waals surface area (Å²) in [5, 5.41) is 0. The van der Waals surface area contributed by atoms with Gasteiger partial charge in [-0.05, 0) is 43.2 Å². The SMILES string of the molecule is CCOC(=O)Cn1c(=NC(=O)COc2ccccc2F)sc2cc(CC)ccc21. The predicted molar refractivity (Wildman–Crippen MR) is 108 cm³/mol. The predicted octanol–water partition coefficient (Wildman–Crippen LogP) is 3.47. The Balaban J connectivity index is 1.92. The van der Waals surface area contributed by atoms with E-state index >= 15 is 0 Å². The Morgan fingerprint density at radius 1 is 1.17 bits per heavy atom. The normalized spacial score (nSPS) is 11.6. The number of carbonyl (C=O) groups is 2. The van der Waals surface area contributed by atoms with E-state index in [1.54, 1.807) is 17.6 Å². The van der Waals surface area contributed by atoms with Crippen molar-refractivity contribution in [1.29, 1.82) is 0 Å². The number of hydrogen-bond acceptors (Lipinski definition) is 5. The van der Waals surface area contributed by atoms with Gasteiger partial charge in [-0.1, -0.05) is 36.5 Å². The first-order valence-electron chi connectivity index (χ1n) is 9.24. The number of rotatable bonds is 7. The average Bonchev–Trinajstić information content (AvgIpc) is 3.03. The third-order valence-corrected chi connectivity index (χ3v) is 5.20. The molecule has 1 aromatic heterocycles. The summed E-state index contributed by atoms with van der Waals surface area (Å²) in [6.45, 7) is 3.59. The highest BCUT2D eigenvalue weighted by atomic mass is 32.1. The molecule has 0 aliphatic heterocycles. The van der Waals surface area contributed by atoms with Gasteiger partial charge in [0, 0.05) is 0 Å². The zero-order chi connectivity index (χ0) is 20.8. The summed E-state index contributed by atoms with van der Waals surface area (Å²) in [6.07, 6.45) is 0.869. The van der Waals surface area contributed by atoms with Crippen LogP contribution in [0.4, 0.5) is 4.39 Å². The van der Waals surface area contributed by atoms with Gasteiger partial charge in [-0.3, -0.25) is 9.59 Å². The van der Waals surface area contributed by atoms with Crippen LogP contribution in [0.3, 0.4) is 0 Å². The van der Waals surface area contributed by atoms with E-state index in [1.165, 1.54) is 29.5 Å². The summed E-state index contributed by atoms with van der Waals surface area (Å²) in [4.78, 5) is 28.8. The van der Waals surface area contributed by atoms with Crippen molar-refractivity contribution in [3.8, 4) is 5.75 Å². The number of ether oxygens (including phenoxy) is 2. The molecule has 6 nitrogen and oxygen atoms in total. The van der Waals surface area contributed by atoms with Crippen LogP contribution in [0.2, 0.25) is 0 Å². The molecule has 2 aromatic carbocycles. The van der Waals surface area contributed by atoms with Crippen LogP contribution in [0.15, 0.2) is 47.5 Å². The Kier molecular flexibility index (Phi) is 6.77. The van der Waals surface area contributed by atoms with E-state index in [1.807, 2.05) is 18.2 Å². The zero-order valence-electron chi connectivity index (χ0n) is 16.2. The standard InChI is InChI=1S/C21H21FN2O4S/c1-3-14-9-10-16-18(11-14)29-21(24(16)12-20(26)27-4-2)23-19(25)13-28-17-8-6-5-7-15(17)22/h5-11H,3-4,12-13H2,1-2H3. The Morgan fingerprint density at radius 2 is 1.97 bits per heavy atom. The molecule has 29 heavy (non-hydrogen) atoms. The van der Waals surface area contributed by atoms with Crippen LogP contribution in [0.1, 0.15) is 19.4 Å².